The molecular weight excluding hydrogens is 216 g/mol. The van der Waals surface area contributed by atoms with Gasteiger partial charge in [-0.25, -0.2) is 4.68 Å². The topological polar surface area (TPSA) is 62.9 Å². The Morgan fingerprint density at radius 1 is 1.53 bits per heavy atom. The number of nitrogens with one attached hydrogen (secondary N) is 1. The zero-order valence-corrected chi connectivity index (χ0v) is 11.1. The molecule has 0 saturated heterocycles. The molecule has 5 heteroatoms. The summed E-state index contributed by atoms with van der Waals surface area (Å²) in [5, 5.41) is 16.7. The van der Waals surface area contributed by atoms with Crippen molar-refractivity contribution < 1.29 is 4.74 Å². The smallest absolute Gasteiger partial charge is 0.217 e. The van der Waals surface area contributed by atoms with Crippen LogP contribution in [0.25, 0.3) is 0 Å². The lowest BCUT2D eigenvalue weighted by molar-refractivity contribution is 0.365. The van der Waals surface area contributed by atoms with Gasteiger partial charge in [0, 0.05) is 7.05 Å². The van der Waals surface area contributed by atoms with Crippen LogP contribution in [0.3, 0.4) is 0 Å². The molecule has 0 aliphatic heterocycles. The molecule has 1 heterocycles. The first-order chi connectivity index (χ1) is 8.01. The summed E-state index contributed by atoms with van der Waals surface area (Å²) in [5.74, 6) is 1.14. The fourth-order valence-corrected chi connectivity index (χ4v) is 1.79. The first-order valence-electron chi connectivity index (χ1n) is 5.71. The van der Waals surface area contributed by atoms with Crippen LogP contribution in [0.2, 0.25) is 0 Å². The summed E-state index contributed by atoms with van der Waals surface area (Å²) in [6.07, 6.45) is 0. The van der Waals surface area contributed by atoms with E-state index in [1.54, 1.807) is 11.8 Å². The standard InChI is InChI=1S/C12H20N4O/c1-8(2)7-14-10(6-13)11-9(3)15-16(4)12(11)17-5/h8,10,14H,7H2,1-5H3. The summed E-state index contributed by atoms with van der Waals surface area (Å²) in [5.41, 5.74) is 1.66. The molecule has 0 aliphatic carbocycles. The molecule has 0 aromatic carbocycles. The van der Waals surface area contributed by atoms with Crippen molar-refractivity contribution in [2.45, 2.75) is 26.8 Å². The number of rotatable bonds is 5. The fourth-order valence-electron chi connectivity index (χ4n) is 1.79. The summed E-state index contributed by atoms with van der Waals surface area (Å²) in [6.45, 7) is 6.89. The van der Waals surface area contributed by atoms with E-state index in [-0.39, 0.29) is 6.04 Å². The van der Waals surface area contributed by atoms with Gasteiger partial charge in [0.2, 0.25) is 5.88 Å². The fraction of sp³-hybridized carbons (Fsp3) is 0.667. The van der Waals surface area contributed by atoms with E-state index in [9.17, 15) is 5.26 Å². The highest BCUT2D eigenvalue weighted by molar-refractivity contribution is 5.37. The summed E-state index contributed by atoms with van der Waals surface area (Å²) in [7, 11) is 3.41. The molecule has 0 saturated carbocycles. The molecule has 1 atom stereocenters. The first kappa shape index (κ1) is 13.5. The second kappa shape index (κ2) is 5.69. The molecule has 1 rings (SSSR count). The molecule has 0 aliphatic rings. The Morgan fingerprint density at radius 3 is 2.65 bits per heavy atom. The van der Waals surface area contributed by atoms with Gasteiger partial charge in [0.1, 0.15) is 6.04 Å². The quantitative estimate of drug-likeness (QED) is 0.842. The average Bonchev–Trinajstić information content (AvgIpc) is 2.54. The third-order valence-electron chi connectivity index (χ3n) is 2.56. The Morgan fingerprint density at radius 2 is 2.18 bits per heavy atom. The van der Waals surface area contributed by atoms with E-state index in [1.165, 1.54) is 0 Å². The van der Waals surface area contributed by atoms with E-state index >= 15 is 0 Å². The number of methoxy groups -OCH3 is 1. The Bertz CT molecular complexity index is 417. The molecule has 1 N–H and O–H groups in total. The van der Waals surface area contributed by atoms with Gasteiger partial charge < -0.3 is 4.74 Å². The normalized spacial score (nSPS) is 12.5. The van der Waals surface area contributed by atoms with E-state index in [1.807, 2.05) is 14.0 Å². The van der Waals surface area contributed by atoms with Gasteiger partial charge in [0.15, 0.2) is 0 Å². The minimum absolute atomic E-state index is 0.374. The number of aromatic nitrogens is 2. The third kappa shape index (κ3) is 2.98. The maximum atomic E-state index is 9.24. The lowest BCUT2D eigenvalue weighted by atomic mass is 10.1. The number of nitriles is 1. The van der Waals surface area contributed by atoms with Crippen LogP contribution in [0.1, 0.15) is 31.1 Å². The van der Waals surface area contributed by atoms with Crippen LogP contribution in [-0.4, -0.2) is 23.4 Å². The van der Waals surface area contributed by atoms with Crippen LogP contribution in [0.5, 0.6) is 5.88 Å². The van der Waals surface area contributed by atoms with Crippen LogP contribution in [0, 0.1) is 24.2 Å². The first-order valence-corrected chi connectivity index (χ1v) is 5.71. The molecule has 0 amide bonds. The van der Waals surface area contributed by atoms with E-state index in [4.69, 9.17) is 4.74 Å². The minimum Gasteiger partial charge on any atom is -0.481 e. The van der Waals surface area contributed by atoms with E-state index in [0.29, 0.717) is 11.8 Å². The number of aryl methyl sites for hydroxylation is 2. The minimum atomic E-state index is -0.374. The molecule has 0 fully saturated rings. The van der Waals surface area contributed by atoms with Crippen molar-refractivity contribution in [1.29, 1.82) is 5.26 Å². The third-order valence-corrected chi connectivity index (χ3v) is 2.56. The summed E-state index contributed by atoms with van der Waals surface area (Å²) in [6, 6.07) is 1.88. The van der Waals surface area contributed by atoms with Crippen molar-refractivity contribution in [3.8, 4) is 11.9 Å². The van der Waals surface area contributed by atoms with Gasteiger partial charge in [-0.05, 0) is 19.4 Å². The molecule has 94 valence electrons. The number of hydrogen-bond donors (Lipinski definition) is 1. The zero-order chi connectivity index (χ0) is 13.0. The van der Waals surface area contributed by atoms with Gasteiger partial charge in [-0.3, -0.25) is 5.32 Å². The zero-order valence-electron chi connectivity index (χ0n) is 11.1. The van der Waals surface area contributed by atoms with Gasteiger partial charge in [0.05, 0.1) is 24.4 Å². The highest BCUT2D eigenvalue weighted by Gasteiger charge is 2.22. The van der Waals surface area contributed by atoms with Crippen molar-refractivity contribution in [2.24, 2.45) is 13.0 Å². The predicted molar refractivity (Wildman–Crippen MR) is 65.7 cm³/mol. The van der Waals surface area contributed by atoms with Crippen molar-refractivity contribution in [3.63, 3.8) is 0 Å². The molecule has 1 aromatic heterocycles. The number of ether oxygens (including phenoxy) is 1. The largest absolute Gasteiger partial charge is 0.481 e. The van der Waals surface area contributed by atoms with Gasteiger partial charge >= 0.3 is 0 Å². The van der Waals surface area contributed by atoms with Gasteiger partial charge in [-0.2, -0.15) is 10.4 Å². The SMILES string of the molecule is COc1c(C(C#N)NCC(C)C)c(C)nn1C. The predicted octanol–water partition coefficient (Wildman–Crippen LogP) is 1.55. The number of hydrogen-bond acceptors (Lipinski definition) is 4. The van der Waals surface area contributed by atoms with Crippen molar-refractivity contribution in [3.05, 3.63) is 11.3 Å². The maximum absolute atomic E-state index is 9.24. The second-order valence-electron chi connectivity index (χ2n) is 4.50. The molecule has 0 spiro atoms. The van der Waals surface area contributed by atoms with Crippen molar-refractivity contribution >= 4 is 0 Å². The maximum Gasteiger partial charge on any atom is 0.217 e. The van der Waals surface area contributed by atoms with Crippen LogP contribution < -0.4 is 10.1 Å². The van der Waals surface area contributed by atoms with E-state index < -0.39 is 0 Å². The molecule has 0 radical (unpaired) electrons. The second-order valence-corrected chi connectivity index (χ2v) is 4.50. The Labute approximate surface area is 102 Å². The van der Waals surface area contributed by atoms with Crippen molar-refractivity contribution in [2.75, 3.05) is 13.7 Å². The number of nitrogens with zero attached hydrogens (tertiary/aromatic N) is 3. The lowest BCUT2D eigenvalue weighted by Crippen LogP contribution is -2.25. The van der Waals surface area contributed by atoms with Gasteiger partial charge in [-0.1, -0.05) is 13.8 Å². The van der Waals surface area contributed by atoms with Gasteiger partial charge in [0.25, 0.3) is 0 Å². The Balaban J connectivity index is 2.99. The lowest BCUT2D eigenvalue weighted by Gasteiger charge is -2.14. The Hall–Kier alpha value is -1.54. The summed E-state index contributed by atoms with van der Waals surface area (Å²) in [4.78, 5) is 0. The molecule has 5 nitrogen and oxygen atoms in total. The van der Waals surface area contributed by atoms with Crippen LogP contribution in [-0.2, 0) is 7.05 Å². The van der Waals surface area contributed by atoms with E-state index in [0.717, 1.165) is 17.8 Å². The van der Waals surface area contributed by atoms with Crippen LogP contribution >= 0.6 is 0 Å². The highest BCUT2D eigenvalue weighted by atomic mass is 16.5. The monoisotopic (exact) mass is 236 g/mol. The molecule has 1 aromatic rings. The average molecular weight is 236 g/mol. The van der Waals surface area contributed by atoms with Crippen molar-refractivity contribution in [1.82, 2.24) is 15.1 Å². The van der Waals surface area contributed by atoms with Crippen LogP contribution in [0.15, 0.2) is 0 Å². The molecular formula is C12H20N4O. The molecule has 0 bridgehead atoms. The van der Waals surface area contributed by atoms with Gasteiger partial charge in [-0.15, -0.1) is 0 Å². The molecule has 17 heavy (non-hydrogen) atoms. The summed E-state index contributed by atoms with van der Waals surface area (Å²) < 4.78 is 6.95. The van der Waals surface area contributed by atoms with Crippen LogP contribution in [0.4, 0.5) is 0 Å². The summed E-state index contributed by atoms with van der Waals surface area (Å²) >= 11 is 0. The molecule has 1 unspecified atom stereocenters. The highest BCUT2D eigenvalue weighted by Crippen LogP contribution is 2.27. The van der Waals surface area contributed by atoms with E-state index in [2.05, 4.69) is 30.3 Å². The Kier molecular flexibility index (Phi) is 4.53.